The van der Waals surface area contributed by atoms with E-state index >= 15 is 0 Å². The van der Waals surface area contributed by atoms with Crippen LogP contribution in [-0.4, -0.2) is 49.5 Å². The molecule has 0 amide bonds. The van der Waals surface area contributed by atoms with Gasteiger partial charge >= 0.3 is 0 Å². The average molecular weight is 332 g/mol. The standard InChI is InChI=1S/C20H32N2O2/c1-15(2)24-19-7-6-16(14-17(19)20(3,4)5)18(23)8-11-22-12-9-21-10-13-22/h6-7,14-15,21H,8-13H2,1-5H3. The quantitative estimate of drug-likeness (QED) is 0.812. The second kappa shape index (κ2) is 8.13. The van der Waals surface area contributed by atoms with Crippen LogP contribution in [0.3, 0.4) is 0 Å². The fraction of sp³-hybridized carbons (Fsp3) is 0.650. The molecule has 0 unspecified atom stereocenters. The molecule has 0 bridgehead atoms. The Hall–Kier alpha value is -1.39. The maximum atomic E-state index is 12.6. The SMILES string of the molecule is CC(C)Oc1ccc(C(=O)CCN2CCNCC2)cc1C(C)(C)C. The monoisotopic (exact) mass is 332 g/mol. The number of ether oxygens (including phenoxy) is 1. The fourth-order valence-electron chi connectivity index (χ4n) is 2.98. The van der Waals surface area contributed by atoms with Gasteiger partial charge in [0.25, 0.3) is 0 Å². The second-order valence-corrected chi connectivity index (χ2v) is 7.89. The highest BCUT2D eigenvalue weighted by molar-refractivity contribution is 5.96. The summed E-state index contributed by atoms with van der Waals surface area (Å²) >= 11 is 0. The Labute approximate surface area is 146 Å². The molecule has 0 spiro atoms. The number of rotatable bonds is 6. The molecule has 4 heteroatoms. The van der Waals surface area contributed by atoms with Gasteiger partial charge in [0.05, 0.1) is 6.10 Å². The minimum absolute atomic E-state index is 0.0565. The smallest absolute Gasteiger partial charge is 0.164 e. The van der Waals surface area contributed by atoms with Crippen LogP contribution < -0.4 is 10.1 Å². The van der Waals surface area contributed by atoms with Crippen LogP contribution in [0.1, 0.15) is 57.0 Å². The Morgan fingerprint density at radius 3 is 2.50 bits per heavy atom. The third kappa shape index (κ3) is 5.32. The highest BCUT2D eigenvalue weighted by Crippen LogP contribution is 2.33. The number of Topliss-reactive ketones (excluding diaryl/α,β-unsaturated/α-hetero) is 1. The van der Waals surface area contributed by atoms with E-state index in [1.807, 2.05) is 32.0 Å². The Morgan fingerprint density at radius 1 is 1.25 bits per heavy atom. The number of nitrogens with one attached hydrogen (secondary N) is 1. The van der Waals surface area contributed by atoms with Gasteiger partial charge in [-0.15, -0.1) is 0 Å². The lowest BCUT2D eigenvalue weighted by molar-refractivity contribution is 0.0960. The summed E-state index contributed by atoms with van der Waals surface area (Å²) in [4.78, 5) is 15.0. The predicted molar refractivity (Wildman–Crippen MR) is 99.2 cm³/mol. The van der Waals surface area contributed by atoms with E-state index in [1.165, 1.54) is 0 Å². The minimum Gasteiger partial charge on any atom is -0.491 e. The van der Waals surface area contributed by atoms with Gasteiger partial charge in [-0.3, -0.25) is 4.79 Å². The largest absolute Gasteiger partial charge is 0.491 e. The molecule has 1 N–H and O–H groups in total. The van der Waals surface area contributed by atoms with Crippen molar-refractivity contribution in [3.05, 3.63) is 29.3 Å². The number of hydrogen-bond donors (Lipinski definition) is 1. The lowest BCUT2D eigenvalue weighted by Crippen LogP contribution is -2.44. The van der Waals surface area contributed by atoms with Crippen LogP contribution in [0.5, 0.6) is 5.75 Å². The first-order valence-corrected chi connectivity index (χ1v) is 9.05. The molecule has 0 aromatic heterocycles. The van der Waals surface area contributed by atoms with Crippen molar-refractivity contribution in [3.63, 3.8) is 0 Å². The Balaban J connectivity index is 2.10. The zero-order valence-electron chi connectivity index (χ0n) is 15.8. The first-order chi connectivity index (χ1) is 11.3. The molecule has 4 nitrogen and oxygen atoms in total. The summed E-state index contributed by atoms with van der Waals surface area (Å²) in [5, 5.41) is 3.34. The van der Waals surface area contributed by atoms with Gasteiger partial charge in [0.1, 0.15) is 5.75 Å². The van der Waals surface area contributed by atoms with Crippen molar-refractivity contribution < 1.29 is 9.53 Å². The lowest BCUT2D eigenvalue weighted by atomic mass is 9.84. The van der Waals surface area contributed by atoms with Gasteiger partial charge in [0.2, 0.25) is 0 Å². The molecular formula is C20H32N2O2. The summed E-state index contributed by atoms with van der Waals surface area (Å²) in [6, 6.07) is 5.89. The highest BCUT2D eigenvalue weighted by atomic mass is 16.5. The molecule has 1 aliphatic rings. The van der Waals surface area contributed by atoms with E-state index in [2.05, 4.69) is 31.0 Å². The van der Waals surface area contributed by atoms with Crippen molar-refractivity contribution >= 4 is 5.78 Å². The third-order valence-electron chi connectivity index (χ3n) is 4.34. The number of benzene rings is 1. The van der Waals surface area contributed by atoms with E-state index in [9.17, 15) is 4.79 Å². The number of nitrogens with zero attached hydrogens (tertiary/aromatic N) is 1. The van der Waals surface area contributed by atoms with Crippen LogP contribution in [-0.2, 0) is 5.41 Å². The summed E-state index contributed by atoms with van der Waals surface area (Å²) in [5.41, 5.74) is 1.84. The molecule has 1 fully saturated rings. The van der Waals surface area contributed by atoms with Crippen molar-refractivity contribution in [3.8, 4) is 5.75 Å². The zero-order chi connectivity index (χ0) is 17.7. The molecule has 1 heterocycles. The lowest BCUT2D eigenvalue weighted by Gasteiger charge is -2.27. The van der Waals surface area contributed by atoms with Crippen molar-refractivity contribution in [2.75, 3.05) is 32.7 Å². The van der Waals surface area contributed by atoms with Gasteiger partial charge in [0, 0.05) is 50.3 Å². The zero-order valence-corrected chi connectivity index (χ0v) is 15.8. The van der Waals surface area contributed by atoms with Crippen LogP contribution in [0.2, 0.25) is 0 Å². The number of carbonyl (C=O) groups excluding carboxylic acids is 1. The van der Waals surface area contributed by atoms with Crippen molar-refractivity contribution in [2.24, 2.45) is 0 Å². The molecular weight excluding hydrogens is 300 g/mol. The van der Waals surface area contributed by atoms with E-state index in [1.54, 1.807) is 0 Å². The van der Waals surface area contributed by atoms with E-state index < -0.39 is 0 Å². The van der Waals surface area contributed by atoms with Gasteiger partial charge in [-0.05, 0) is 37.5 Å². The summed E-state index contributed by atoms with van der Waals surface area (Å²) < 4.78 is 5.94. The van der Waals surface area contributed by atoms with Gasteiger partial charge in [-0.2, -0.15) is 0 Å². The third-order valence-corrected chi connectivity index (χ3v) is 4.34. The Morgan fingerprint density at radius 2 is 1.92 bits per heavy atom. The van der Waals surface area contributed by atoms with Gasteiger partial charge in [-0.25, -0.2) is 0 Å². The Kier molecular flexibility index (Phi) is 6.41. The van der Waals surface area contributed by atoms with Crippen molar-refractivity contribution in [2.45, 2.75) is 52.6 Å². The summed E-state index contributed by atoms with van der Waals surface area (Å²) in [6.07, 6.45) is 0.703. The minimum atomic E-state index is -0.0565. The average Bonchev–Trinajstić information content (AvgIpc) is 2.52. The normalized spacial score (nSPS) is 16.4. The molecule has 1 aliphatic heterocycles. The summed E-state index contributed by atoms with van der Waals surface area (Å²) in [7, 11) is 0. The van der Waals surface area contributed by atoms with Crippen LogP contribution in [0.15, 0.2) is 18.2 Å². The molecule has 1 aromatic rings. The van der Waals surface area contributed by atoms with E-state index in [4.69, 9.17) is 4.74 Å². The maximum Gasteiger partial charge on any atom is 0.164 e. The molecule has 0 saturated carbocycles. The fourth-order valence-corrected chi connectivity index (χ4v) is 2.98. The first kappa shape index (κ1) is 18.9. The predicted octanol–water partition coefficient (Wildman–Crippen LogP) is 3.25. The van der Waals surface area contributed by atoms with Gasteiger partial charge in [0.15, 0.2) is 5.78 Å². The second-order valence-electron chi connectivity index (χ2n) is 7.89. The molecule has 0 radical (unpaired) electrons. The number of piperazine rings is 1. The molecule has 0 aliphatic carbocycles. The van der Waals surface area contributed by atoms with Crippen LogP contribution in [0.25, 0.3) is 0 Å². The Bertz CT molecular complexity index is 555. The maximum absolute atomic E-state index is 12.6. The van der Waals surface area contributed by atoms with E-state index in [0.717, 1.165) is 49.6 Å². The molecule has 0 atom stereocenters. The van der Waals surface area contributed by atoms with Crippen LogP contribution in [0, 0.1) is 0 Å². The number of ketones is 1. The number of hydrogen-bond acceptors (Lipinski definition) is 4. The topological polar surface area (TPSA) is 41.6 Å². The van der Waals surface area contributed by atoms with Gasteiger partial charge < -0.3 is 15.0 Å². The molecule has 24 heavy (non-hydrogen) atoms. The summed E-state index contributed by atoms with van der Waals surface area (Å²) in [6.45, 7) is 15.5. The van der Waals surface area contributed by atoms with Gasteiger partial charge in [-0.1, -0.05) is 20.8 Å². The van der Waals surface area contributed by atoms with E-state index in [0.29, 0.717) is 6.42 Å². The molecule has 134 valence electrons. The number of carbonyl (C=O) groups is 1. The van der Waals surface area contributed by atoms with E-state index in [-0.39, 0.29) is 17.3 Å². The van der Waals surface area contributed by atoms with Crippen LogP contribution >= 0.6 is 0 Å². The summed E-state index contributed by atoms with van der Waals surface area (Å²) in [5.74, 6) is 1.10. The molecule has 1 saturated heterocycles. The highest BCUT2D eigenvalue weighted by Gasteiger charge is 2.22. The van der Waals surface area contributed by atoms with Crippen molar-refractivity contribution in [1.29, 1.82) is 0 Å². The van der Waals surface area contributed by atoms with Crippen molar-refractivity contribution in [1.82, 2.24) is 10.2 Å². The first-order valence-electron chi connectivity index (χ1n) is 9.05. The van der Waals surface area contributed by atoms with Crippen LogP contribution in [0.4, 0.5) is 0 Å². The molecule has 1 aromatic carbocycles. The molecule has 2 rings (SSSR count).